The van der Waals surface area contributed by atoms with Crippen LogP contribution in [0.2, 0.25) is 0 Å². The molecule has 0 saturated carbocycles. The molecule has 1 fully saturated rings. The zero-order valence-corrected chi connectivity index (χ0v) is 19.6. The number of nitrogens with zero attached hydrogens (tertiary/aromatic N) is 2. The lowest BCUT2D eigenvalue weighted by molar-refractivity contribution is -0.116. The topological polar surface area (TPSA) is 45.2 Å². The summed E-state index contributed by atoms with van der Waals surface area (Å²) in [6.45, 7) is 2.87. The first kappa shape index (κ1) is 23.7. The number of aromatic nitrogens is 1. The zero-order valence-electron chi connectivity index (χ0n) is 19.6. The quantitative estimate of drug-likeness (QED) is 0.337. The fraction of sp³-hybridized carbons (Fsp3) is 0.267. The SMILES string of the molecule is O=C(C=CC=Cc1cccnc1)NCCC1CCN(C(c2ccccc2)c2ccccc2)CC1. The molecule has 1 saturated heterocycles. The highest BCUT2D eigenvalue weighted by Gasteiger charge is 2.27. The molecule has 0 atom stereocenters. The molecule has 3 aromatic rings. The van der Waals surface area contributed by atoms with Crippen molar-refractivity contribution in [3.8, 4) is 0 Å². The summed E-state index contributed by atoms with van der Waals surface area (Å²) in [6, 6.07) is 25.8. The van der Waals surface area contributed by atoms with Crippen molar-refractivity contribution in [3.63, 3.8) is 0 Å². The molecule has 4 nitrogen and oxygen atoms in total. The van der Waals surface area contributed by atoms with Crippen LogP contribution in [-0.2, 0) is 4.79 Å². The number of likely N-dealkylation sites (tertiary alicyclic amines) is 1. The summed E-state index contributed by atoms with van der Waals surface area (Å²) in [7, 11) is 0. The van der Waals surface area contributed by atoms with Gasteiger partial charge in [0.15, 0.2) is 0 Å². The molecule has 2 aromatic carbocycles. The van der Waals surface area contributed by atoms with E-state index in [9.17, 15) is 4.79 Å². The van der Waals surface area contributed by atoms with Crippen LogP contribution in [0.3, 0.4) is 0 Å². The standard InChI is InChI=1S/C30H33N3O/c34-29(16-8-7-10-26-11-9-20-31-24-26)32-21-17-25-18-22-33(23-19-25)30(27-12-3-1-4-13-27)28-14-5-2-6-15-28/h1-16,20,24-25,30H,17-19,21-23H2,(H,32,34). The van der Waals surface area contributed by atoms with E-state index < -0.39 is 0 Å². The molecule has 1 aliphatic rings. The van der Waals surface area contributed by atoms with Crippen molar-refractivity contribution in [1.29, 1.82) is 0 Å². The molecule has 0 bridgehead atoms. The number of piperidine rings is 1. The number of carbonyl (C=O) groups excluding carboxylic acids is 1. The Morgan fingerprint density at radius 2 is 1.62 bits per heavy atom. The van der Waals surface area contributed by atoms with E-state index in [-0.39, 0.29) is 5.91 Å². The van der Waals surface area contributed by atoms with E-state index in [0.29, 0.717) is 12.0 Å². The minimum absolute atomic E-state index is 0.0403. The van der Waals surface area contributed by atoms with E-state index in [0.717, 1.165) is 44.5 Å². The molecule has 4 heteroatoms. The van der Waals surface area contributed by atoms with Crippen LogP contribution in [0.25, 0.3) is 6.08 Å². The van der Waals surface area contributed by atoms with Crippen molar-refractivity contribution in [3.05, 3.63) is 120 Å². The predicted octanol–water partition coefficient (Wildman–Crippen LogP) is 5.66. The first-order valence-corrected chi connectivity index (χ1v) is 12.2. The number of rotatable bonds is 9. The lowest BCUT2D eigenvalue weighted by Gasteiger charge is -2.38. The average molecular weight is 452 g/mol. The second-order valence-corrected chi connectivity index (χ2v) is 8.79. The molecule has 1 aliphatic heterocycles. The summed E-state index contributed by atoms with van der Waals surface area (Å²) in [5, 5.41) is 3.03. The van der Waals surface area contributed by atoms with Crippen LogP contribution in [0.4, 0.5) is 0 Å². The van der Waals surface area contributed by atoms with Gasteiger partial charge in [-0.1, -0.05) is 85.0 Å². The van der Waals surface area contributed by atoms with Gasteiger partial charge >= 0.3 is 0 Å². The second-order valence-electron chi connectivity index (χ2n) is 8.79. The number of hydrogen-bond acceptors (Lipinski definition) is 3. The van der Waals surface area contributed by atoms with Crippen molar-refractivity contribution in [1.82, 2.24) is 15.2 Å². The molecule has 2 heterocycles. The fourth-order valence-corrected chi connectivity index (χ4v) is 4.63. The number of carbonyl (C=O) groups is 1. The Labute approximate surface area is 203 Å². The highest BCUT2D eigenvalue weighted by Crippen LogP contribution is 2.32. The largest absolute Gasteiger partial charge is 0.353 e. The third kappa shape index (κ3) is 7.00. The van der Waals surface area contributed by atoms with Crippen molar-refractivity contribution >= 4 is 12.0 Å². The van der Waals surface area contributed by atoms with Gasteiger partial charge in [0.25, 0.3) is 0 Å². The third-order valence-electron chi connectivity index (χ3n) is 6.43. The van der Waals surface area contributed by atoms with Crippen molar-refractivity contribution in [2.75, 3.05) is 19.6 Å². The Morgan fingerprint density at radius 1 is 0.941 bits per heavy atom. The molecular weight excluding hydrogens is 418 g/mol. The Hall–Kier alpha value is -3.50. The summed E-state index contributed by atoms with van der Waals surface area (Å²) in [5.74, 6) is 0.611. The summed E-state index contributed by atoms with van der Waals surface area (Å²) in [6.07, 6.45) is 14.0. The molecule has 0 radical (unpaired) electrons. The van der Waals surface area contributed by atoms with Gasteiger partial charge in [-0.2, -0.15) is 0 Å². The van der Waals surface area contributed by atoms with Gasteiger partial charge in [-0.3, -0.25) is 14.7 Å². The molecule has 0 spiro atoms. The van der Waals surface area contributed by atoms with Crippen molar-refractivity contribution < 1.29 is 4.79 Å². The van der Waals surface area contributed by atoms with Crippen LogP contribution in [0.1, 0.15) is 42.0 Å². The van der Waals surface area contributed by atoms with Crippen LogP contribution in [0.5, 0.6) is 0 Å². The number of pyridine rings is 1. The molecule has 1 amide bonds. The van der Waals surface area contributed by atoms with E-state index in [2.05, 4.69) is 75.9 Å². The van der Waals surface area contributed by atoms with E-state index in [4.69, 9.17) is 0 Å². The summed E-state index contributed by atoms with van der Waals surface area (Å²) in [5.41, 5.74) is 3.72. The maximum atomic E-state index is 12.1. The Bertz CT molecular complexity index is 1020. The third-order valence-corrected chi connectivity index (χ3v) is 6.43. The van der Waals surface area contributed by atoms with Crippen molar-refractivity contribution in [2.24, 2.45) is 5.92 Å². The maximum Gasteiger partial charge on any atom is 0.243 e. The van der Waals surface area contributed by atoms with Crippen LogP contribution in [0, 0.1) is 5.92 Å². The van der Waals surface area contributed by atoms with Crippen LogP contribution in [-0.4, -0.2) is 35.4 Å². The van der Waals surface area contributed by atoms with Gasteiger partial charge in [0.2, 0.25) is 5.91 Å². The van der Waals surface area contributed by atoms with Gasteiger partial charge in [-0.05, 0) is 61.0 Å². The van der Waals surface area contributed by atoms with Gasteiger partial charge in [-0.15, -0.1) is 0 Å². The highest BCUT2D eigenvalue weighted by atomic mass is 16.1. The zero-order chi connectivity index (χ0) is 23.4. The smallest absolute Gasteiger partial charge is 0.243 e. The lowest BCUT2D eigenvalue weighted by atomic mass is 9.89. The minimum Gasteiger partial charge on any atom is -0.353 e. The van der Waals surface area contributed by atoms with Gasteiger partial charge in [0, 0.05) is 25.0 Å². The second kappa shape index (κ2) is 12.7. The molecule has 0 unspecified atom stereocenters. The lowest BCUT2D eigenvalue weighted by Crippen LogP contribution is -2.38. The van der Waals surface area contributed by atoms with Gasteiger partial charge in [-0.25, -0.2) is 0 Å². The van der Waals surface area contributed by atoms with Crippen LogP contribution >= 0.6 is 0 Å². The fourth-order valence-electron chi connectivity index (χ4n) is 4.63. The average Bonchev–Trinajstić information content (AvgIpc) is 2.90. The first-order valence-electron chi connectivity index (χ1n) is 12.2. The van der Waals surface area contributed by atoms with Crippen LogP contribution < -0.4 is 5.32 Å². The normalized spacial score (nSPS) is 15.3. The molecule has 174 valence electrons. The molecule has 34 heavy (non-hydrogen) atoms. The number of amides is 1. The molecule has 1 aromatic heterocycles. The van der Waals surface area contributed by atoms with Gasteiger partial charge < -0.3 is 5.32 Å². The number of nitrogens with one attached hydrogen (secondary N) is 1. The summed E-state index contributed by atoms with van der Waals surface area (Å²) in [4.78, 5) is 18.8. The van der Waals surface area contributed by atoms with Gasteiger partial charge in [0.05, 0.1) is 6.04 Å². The van der Waals surface area contributed by atoms with E-state index >= 15 is 0 Å². The van der Waals surface area contributed by atoms with E-state index in [1.165, 1.54) is 11.1 Å². The highest BCUT2D eigenvalue weighted by molar-refractivity contribution is 5.87. The molecular formula is C30H33N3O. The van der Waals surface area contributed by atoms with Crippen molar-refractivity contribution in [2.45, 2.75) is 25.3 Å². The molecule has 0 aliphatic carbocycles. The van der Waals surface area contributed by atoms with E-state index in [1.807, 2.05) is 24.3 Å². The monoisotopic (exact) mass is 451 g/mol. The predicted molar refractivity (Wildman–Crippen MR) is 139 cm³/mol. The number of allylic oxidation sites excluding steroid dienone is 2. The molecule has 1 N–H and O–H groups in total. The Balaban J connectivity index is 1.22. The summed E-state index contributed by atoms with van der Waals surface area (Å²) < 4.78 is 0. The molecule has 4 rings (SSSR count). The summed E-state index contributed by atoms with van der Waals surface area (Å²) >= 11 is 0. The number of hydrogen-bond donors (Lipinski definition) is 1. The van der Waals surface area contributed by atoms with Crippen LogP contribution in [0.15, 0.2) is 103 Å². The van der Waals surface area contributed by atoms with E-state index in [1.54, 1.807) is 24.5 Å². The Morgan fingerprint density at radius 3 is 2.24 bits per heavy atom. The maximum absolute atomic E-state index is 12.1. The Kier molecular flexibility index (Phi) is 8.81. The minimum atomic E-state index is -0.0403. The van der Waals surface area contributed by atoms with Gasteiger partial charge in [0.1, 0.15) is 0 Å². The first-order chi connectivity index (χ1) is 16.8. The number of benzene rings is 2.